The molecule has 0 aromatic carbocycles. The van der Waals surface area contributed by atoms with Crippen molar-refractivity contribution in [3.63, 3.8) is 0 Å². The van der Waals surface area contributed by atoms with Crippen LogP contribution in [0.1, 0.15) is 5.69 Å². The Bertz CT molecular complexity index is 590. The lowest BCUT2D eigenvalue weighted by Gasteiger charge is -2.02. The Balaban J connectivity index is 2.58. The van der Waals surface area contributed by atoms with Crippen molar-refractivity contribution < 1.29 is 4.74 Å². The fraction of sp³-hybridized carbons (Fsp3) is 0.200. The van der Waals surface area contributed by atoms with Crippen LogP contribution in [-0.4, -0.2) is 21.9 Å². The highest BCUT2D eigenvalue weighted by Gasteiger charge is 2.14. The van der Waals surface area contributed by atoms with Crippen molar-refractivity contribution in [2.75, 3.05) is 12.8 Å². The molecule has 90 valence electrons. The SMILES string of the molecule is COCc1[nH]n(-c2cccnc2Cl)c(=O)c1N. The quantitative estimate of drug-likeness (QED) is 0.799. The molecule has 0 aliphatic carbocycles. The number of nitrogen functional groups attached to an aromatic ring is 1. The summed E-state index contributed by atoms with van der Waals surface area (Å²) in [6.45, 7) is 0.228. The van der Waals surface area contributed by atoms with Crippen molar-refractivity contribution >= 4 is 17.3 Å². The molecule has 17 heavy (non-hydrogen) atoms. The van der Waals surface area contributed by atoms with E-state index in [1.807, 2.05) is 0 Å². The van der Waals surface area contributed by atoms with Crippen LogP contribution in [0.25, 0.3) is 5.69 Å². The first-order chi connectivity index (χ1) is 8.15. The lowest BCUT2D eigenvalue weighted by Crippen LogP contribution is -2.17. The zero-order chi connectivity index (χ0) is 12.4. The van der Waals surface area contributed by atoms with Crippen LogP contribution in [0.5, 0.6) is 0 Å². The van der Waals surface area contributed by atoms with Gasteiger partial charge in [0.05, 0.1) is 12.3 Å². The molecule has 2 aromatic rings. The predicted molar refractivity (Wildman–Crippen MR) is 64.3 cm³/mol. The van der Waals surface area contributed by atoms with Crippen LogP contribution in [0.15, 0.2) is 23.1 Å². The van der Waals surface area contributed by atoms with E-state index in [0.29, 0.717) is 11.4 Å². The average molecular weight is 255 g/mol. The van der Waals surface area contributed by atoms with E-state index in [-0.39, 0.29) is 23.0 Å². The molecule has 0 aliphatic rings. The topological polar surface area (TPSA) is 85.9 Å². The Kier molecular flexibility index (Phi) is 3.16. The van der Waals surface area contributed by atoms with E-state index in [9.17, 15) is 4.79 Å². The summed E-state index contributed by atoms with van der Waals surface area (Å²) in [5, 5.41) is 3.06. The molecule has 0 fully saturated rings. The highest BCUT2D eigenvalue weighted by Crippen LogP contribution is 2.16. The lowest BCUT2D eigenvalue weighted by molar-refractivity contribution is 0.181. The first-order valence-corrected chi connectivity index (χ1v) is 5.22. The Hall–Kier alpha value is -1.79. The van der Waals surface area contributed by atoms with Gasteiger partial charge in [-0.1, -0.05) is 11.6 Å². The number of nitrogens with zero attached hydrogens (tertiary/aromatic N) is 2. The van der Waals surface area contributed by atoms with Gasteiger partial charge >= 0.3 is 0 Å². The van der Waals surface area contributed by atoms with Crippen LogP contribution in [0, 0.1) is 0 Å². The molecule has 0 saturated heterocycles. The Labute approximate surface area is 102 Å². The van der Waals surface area contributed by atoms with Gasteiger partial charge in [-0.2, -0.15) is 0 Å². The highest BCUT2D eigenvalue weighted by molar-refractivity contribution is 6.31. The van der Waals surface area contributed by atoms with E-state index in [4.69, 9.17) is 22.1 Å². The largest absolute Gasteiger partial charge is 0.393 e. The van der Waals surface area contributed by atoms with Crippen LogP contribution in [0.3, 0.4) is 0 Å². The zero-order valence-electron chi connectivity index (χ0n) is 9.11. The smallest absolute Gasteiger partial charge is 0.294 e. The Morgan fingerprint density at radius 3 is 3.06 bits per heavy atom. The Morgan fingerprint density at radius 1 is 1.65 bits per heavy atom. The summed E-state index contributed by atoms with van der Waals surface area (Å²) in [5.74, 6) is 0. The number of nitrogens with one attached hydrogen (secondary N) is 1. The second-order valence-corrected chi connectivity index (χ2v) is 3.75. The molecular formula is C10H11ClN4O2. The van der Waals surface area contributed by atoms with Crippen LogP contribution < -0.4 is 11.3 Å². The number of aromatic amines is 1. The standard InChI is InChI=1S/C10H11ClN4O2/c1-17-5-6-8(12)10(16)15(14-6)7-3-2-4-13-9(7)11/h2-4,14H,5,12H2,1H3. The van der Waals surface area contributed by atoms with E-state index < -0.39 is 0 Å². The first kappa shape index (κ1) is 11.7. The molecule has 3 N–H and O–H groups in total. The van der Waals surface area contributed by atoms with Gasteiger partial charge in [0.1, 0.15) is 11.4 Å². The summed E-state index contributed by atoms with van der Waals surface area (Å²) in [5.41, 5.74) is 6.38. The van der Waals surface area contributed by atoms with Crippen molar-refractivity contribution in [1.82, 2.24) is 14.8 Å². The van der Waals surface area contributed by atoms with Crippen molar-refractivity contribution in [1.29, 1.82) is 0 Å². The number of H-pyrrole nitrogens is 1. The van der Waals surface area contributed by atoms with E-state index >= 15 is 0 Å². The molecule has 0 amide bonds. The van der Waals surface area contributed by atoms with Gasteiger partial charge in [-0.3, -0.25) is 9.89 Å². The van der Waals surface area contributed by atoms with Crippen LogP contribution in [0.4, 0.5) is 5.69 Å². The third-order valence-electron chi connectivity index (χ3n) is 2.27. The van der Waals surface area contributed by atoms with E-state index in [1.54, 1.807) is 18.3 Å². The number of anilines is 1. The molecular weight excluding hydrogens is 244 g/mol. The number of hydrogen-bond acceptors (Lipinski definition) is 4. The third-order valence-corrected chi connectivity index (χ3v) is 2.57. The molecule has 0 spiro atoms. The second-order valence-electron chi connectivity index (χ2n) is 3.39. The van der Waals surface area contributed by atoms with Gasteiger partial charge in [0.25, 0.3) is 5.56 Å². The molecule has 0 unspecified atom stereocenters. The van der Waals surface area contributed by atoms with Crippen LogP contribution in [-0.2, 0) is 11.3 Å². The number of ether oxygens (including phenoxy) is 1. The molecule has 0 atom stereocenters. The highest BCUT2D eigenvalue weighted by atomic mass is 35.5. The minimum atomic E-state index is -0.369. The Morgan fingerprint density at radius 2 is 2.41 bits per heavy atom. The summed E-state index contributed by atoms with van der Waals surface area (Å²) in [7, 11) is 1.52. The maximum Gasteiger partial charge on any atom is 0.294 e. The zero-order valence-corrected chi connectivity index (χ0v) is 9.86. The van der Waals surface area contributed by atoms with Gasteiger partial charge in [0.15, 0.2) is 5.15 Å². The molecule has 7 heteroatoms. The van der Waals surface area contributed by atoms with Gasteiger partial charge in [-0.15, -0.1) is 0 Å². The molecule has 0 radical (unpaired) electrons. The average Bonchev–Trinajstić information content (AvgIpc) is 2.59. The normalized spacial score (nSPS) is 10.7. The van der Waals surface area contributed by atoms with Gasteiger partial charge in [-0.25, -0.2) is 9.67 Å². The van der Waals surface area contributed by atoms with Gasteiger partial charge in [0.2, 0.25) is 0 Å². The molecule has 0 saturated carbocycles. The summed E-state index contributed by atoms with van der Waals surface area (Å²) < 4.78 is 6.18. The third kappa shape index (κ3) is 2.04. The van der Waals surface area contributed by atoms with E-state index in [1.165, 1.54) is 11.8 Å². The van der Waals surface area contributed by atoms with E-state index in [2.05, 4.69) is 10.1 Å². The van der Waals surface area contributed by atoms with Gasteiger partial charge in [0, 0.05) is 13.3 Å². The summed E-state index contributed by atoms with van der Waals surface area (Å²) >= 11 is 5.91. The van der Waals surface area contributed by atoms with Crippen molar-refractivity contribution in [3.8, 4) is 5.69 Å². The van der Waals surface area contributed by atoms with Crippen LogP contribution in [0.2, 0.25) is 5.15 Å². The maximum absolute atomic E-state index is 11.9. The molecule has 2 aromatic heterocycles. The monoisotopic (exact) mass is 254 g/mol. The molecule has 0 aliphatic heterocycles. The first-order valence-electron chi connectivity index (χ1n) is 4.84. The van der Waals surface area contributed by atoms with Crippen molar-refractivity contribution in [2.24, 2.45) is 0 Å². The summed E-state index contributed by atoms with van der Waals surface area (Å²) in [4.78, 5) is 15.8. The number of aromatic nitrogens is 3. The molecule has 0 bridgehead atoms. The molecule has 6 nitrogen and oxygen atoms in total. The minimum absolute atomic E-state index is 0.117. The van der Waals surface area contributed by atoms with E-state index in [0.717, 1.165) is 0 Å². The molecule has 2 rings (SSSR count). The number of pyridine rings is 1. The number of methoxy groups -OCH3 is 1. The maximum atomic E-state index is 11.9. The number of rotatable bonds is 3. The summed E-state index contributed by atoms with van der Waals surface area (Å²) in [6.07, 6.45) is 1.54. The van der Waals surface area contributed by atoms with Gasteiger partial charge in [-0.05, 0) is 12.1 Å². The minimum Gasteiger partial charge on any atom is -0.393 e. The van der Waals surface area contributed by atoms with Gasteiger partial charge < -0.3 is 10.5 Å². The van der Waals surface area contributed by atoms with Crippen LogP contribution >= 0.6 is 11.6 Å². The molecule has 2 heterocycles. The number of nitrogens with two attached hydrogens (primary N) is 1. The van der Waals surface area contributed by atoms with Crippen molar-refractivity contribution in [2.45, 2.75) is 6.61 Å². The number of hydrogen-bond donors (Lipinski definition) is 2. The van der Waals surface area contributed by atoms with Crippen molar-refractivity contribution in [3.05, 3.63) is 39.5 Å². The summed E-state index contributed by atoms with van der Waals surface area (Å²) in [6, 6.07) is 3.35. The predicted octanol–water partition coefficient (Wildman–Crippen LogP) is 0.943. The second kappa shape index (κ2) is 4.60. The fourth-order valence-corrected chi connectivity index (χ4v) is 1.67. The number of halogens is 1. The fourth-order valence-electron chi connectivity index (χ4n) is 1.46. The lowest BCUT2D eigenvalue weighted by atomic mass is 10.4.